The molecule has 0 radical (unpaired) electrons. The minimum absolute atomic E-state index is 0. The normalized spacial score (nSPS) is 17.4. The second-order valence-electron chi connectivity index (χ2n) is 4.92. The van der Waals surface area contributed by atoms with E-state index in [0.717, 1.165) is 24.2 Å². The molecule has 1 aliphatic rings. The lowest BCUT2D eigenvalue weighted by molar-refractivity contribution is -0.380. The predicted octanol–water partition coefficient (Wildman–Crippen LogP) is 2.28. The summed E-state index contributed by atoms with van der Waals surface area (Å²) >= 11 is 0.989. The molecule has 6 nitrogen and oxygen atoms in total. The van der Waals surface area contributed by atoms with Crippen molar-refractivity contribution >= 4 is 34.7 Å². The minimum Gasteiger partial charge on any atom is -0.339 e. The molecule has 2 rings (SSSR count). The van der Waals surface area contributed by atoms with Crippen LogP contribution in [0.5, 0.6) is 0 Å². The summed E-state index contributed by atoms with van der Waals surface area (Å²) < 4.78 is 0. The van der Waals surface area contributed by atoms with Crippen LogP contribution < -0.4 is 5.73 Å². The van der Waals surface area contributed by atoms with Crippen LogP contribution in [0.15, 0.2) is 11.4 Å². The summed E-state index contributed by atoms with van der Waals surface area (Å²) in [4.78, 5) is 24.1. The third-order valence-corrected chi connectivity index (χ3v) is 4.46. The van der Waals surface area contributed by atoms with Crippen LogP contribution in [0.4, 0.5) is 5.00 Å². The number of hydrogen-bond acceptors (Lipinski definition) is 5. The van der Waals surface area contributed by atoms with Crippen molar-refractivity contribution in [3.05, 3.63) is 27.1 Å². The largest absolute Gasteiger partial charge is 0.339 e. The van der Waals surface area contributed by atoms with Crippen LogP contribution in [-0.2, 0) is 0 Å². The van der Waals surface area contributed by atoms with Crippen LogP contribution >= 0.6 is 23.7 Å². The van der Waals surface area contributed by atoms with Gasteiger partial charge in [0.1, 0.15) is 0 Å². The Morgan fingerprint density at radius 3 is 2.60 bits per heavy atom. The third-order valence-electron chi connectivity index (χ3n) is 3.58. The molecule has 1 unspecified atom stereocenters. The molecular formula is C12H18ClN3O3S. The van der Waals surface area contributed by atoms with E-state index in [9.17, 15) is 14.9 Å². The molecule has 0 saturated carbocycles. The van der Waals surface area contributed by atoms with E-state index in [-0.39, 0.29) is 29.4 Å². The first-order valence-electron chi connectivity index (χ1n) is 6.27. The number of amides is 1. The van der Waals surface area contributed by atoms with E-state index in [4.69, 9.17) is 5.73 Å². The molecule has 1 saturated heterocycles. The molecule has 1 aromatic heterocycles. The number of hydrogen-bond donors (Lipinski definition) is 1. The summed E-state index contributed by atoms with van der Waals surface area (Å²) in [5.74, 6) is 0.341. The highest BCUT2D eigenvalue weighted by molar-refractivity contribution is 7.13. The average Bonchev–Trinajstić information content (AvgIpc) is 2.87. The molecule has 0 aliphatic carbocycles. The van der Waals surface area contributed by atoms with Gasteiger partial charge in [-0.15, -0.1) is 12.4 Å². The van der Waals surface area contributed by atoms with Crippen molar-refractivity contribution in [2.75, 3.05) is 13.1 Å². The van der Waals surface area contributed by atoms with Crippen LogP contribution in [0.3, 0.4) is 0 Å². The summed E-state index contributed by atoms with van der Waals surface area (Å²) in [7, 11) is 0. The fourth-order valence-electron chi connectivity index (χ4n) is 2.34. The van der Waals surface area contributed by atoms with E-state index in [1.165, 1.54) is 6.07 Å². The van der Waals surface area contributed by atoms with Gasteiger partial charge in [-0.25, -0.2) is 0 Å². The molecule has 0 spiro atoms. The summed E-state index contributed by atoms with van der Waals surface area (Å²) in [6.45, 7) is 3.34. The molecule has 1 fully saturated rings. The van der Waals surface area contributed by atoms with Gasteiger partial charge in [0.15, 0.2) is 0 Å². The maximum absolute atomic E-state index is 12.2. The molecule has 1 aromatic rings. The Hall–Kier alpha value is -1.18. The lowest BCUT2D eigenvalue weighted by Gasteiger charge is -2.33. The first-order valence-corrected chi connectivity index (χ1v) is 7.14. The van der Waals surface area contributed by atoms with Gasteiger partial charge in [0, 0.05) is 30.6 Å². The fourth-order valence-corrected chi connectivity index (χ4v) is 3.04. The highest BCUT2D eigenvalue weighted by Gasteiger charge is 2.26. The summed E-state index contributed by atoms with van der Waals surface area (Å²) in [5.41, 5.74) is 6.27. The van der Waals surface area contributed by atoms with E-state index < -0.39 is 4.92 Å². The van der Waals surface area contributed by atoms with Crippen LogP contribution in [0.2, 0.25) is 0 Å². The van der Waals surface area contributed by atoms with Gasteiger partial charge in [0.25, 0.3) is 5.91 Å². The molecule has 2 heterocycles. The zero-order chi connectivity index (χ0) is 14.0. The van der Waals surface area contributed by atoms with Crippen molar-refractivity contribution in [3.8, 4) is 0 Å². The smallest absolute Gasteiger partial charge is 0.324 e. The molecule has 20 heavy (non-hydrogen) atoms. The number of carbonyl (C=O) groups excluding carboxylic acids is 1. The van der Waals surface area contributed by atoms with Crippen molar-refractivity contribution in [2.45, 2.75) is 25.8 Å². The molecule has 0 aromatic carbocycles. The monoisotopic (exact) mass is 319 g/mol. The Morgan fingerprint density at radius 1 is 1.55 bits per heavy atom. The van der Waals surface area contributed by atoms with E-state index in [2.05, 4.69) is 0 Å². The van der Waals surface area contributed by atoms with Crippen LogP contribution in [0, 0.1) is 16.0 Å². The SMILES string of the molecule is CC(N)C1CCN(C(=O)c2csc([N+](=O)[O-])c2)CC1.Cl. The minimum atomic E-state index is -0.468. The zero-order valence-corrected chi connectivity index (χ0v) is 12.8. The molecule has 8 heteroatoms. The highest BCUT2D eigenvalue weighted by Crippen LogP contribution is 2.26. The first-order chi connectivity index (χ1) is 8.99. The Labute approximate surface area is 127 Å². The van der Waals surface area contributed by atoms with Crippen LogP contribution in [0.1, 0.15) is 30.1 Å². The Bertz CT molecular complexity index is 484. The number of halogens is 1. The quantitative estimate of drug-likeness (QED) is 0.683. The number of nitrogens with zero attached hydrogens (tertiary/aromatic N) is 2. The van der Waals surface area contributed by atoms with Gasteiger partial charge in [-0.05, 0) is 25.7 Å². The predicted molar refractivity (Wildman–Crippen MR) is 80.5 cm³/mol. The molecular weight excluding hydrogens is 302 g/mol. The number of carbonyl (C=O) groups is 1. The molecule has 1 aliphatic heterocycles. The lowest BCUT2D eigenvalue weighted by atomic mass is 9.91. The van der Waals surface area contributed by atoms with Crippen LogP contribution in [0.25, 0.3) is 0 Å². The third kappa shape index (κ3) is 3.68. The van der Waals surface area contributed by atoms with Crippen molar-refractivity contribution in [1.82, 2.24) is 4.90 Å². The Kier molecular flexibility index (Phi) is 5.91. The average molecular weight is 320 g/mol. The van der Waals surface area contributed by atoms with Gasteiger partial charge in [-0.3, -0.25) is 14.9 Å². The molecule has 1 amide bonds. The van der Waals surface area contributed by atoms with Crippen molar-refractivity contribution in [1.29, 1.82) is 0 Å². The maximum atomic E-state index is 12.2. The van der Waals surface area contributed by atoms with Crippen molar-refractivity contribution < 1.29 is 9.72 Å². The fraction of sp³-hybridized carbons (Fsp3) is 0.583. The molecule has 1 atom stereocenters. The maximum Gasteiger partial charge on any atom is 0.324 e. The number of piperidine rings is 1. The van der Waals surface area contributed by atoms with Crippen molar-refractivity contribution in [2.24, 2.45) is 11.7 Å². The standard InChI is InChI=1S/C12H17N3O3S.ClH/c1-8(13)9-2-4-14(5-3-9)12(16)10-6-11(15(17)18)19-7-10;/h6-9H,2-5,13H2,1H3;1H. The van der Waals surface area contributed by atoms with Gasteiger partial charge in [0.05, 0.1) is 10.5 Å². The first kappa shape index (κ1) is 16.9. The number of likely N-dealkylation sites (tertiary alicyclic amines) is 1. The Morgan fingerprint density at radius 2 is 2.15 bits per heavy atom. The number of rotatable bonds is 3. The summed E-state index contributed by atoms with van der Waals surface area (Å²) in [6.07, 6.45) is 1.80. The van der Waals surface area contributed by atoms with Gasteiger partial charge in [-0.1, -0.05) is 11.3 Å². The molecule has 112 valence electrons. The number of nitro groups is 1. The van der Waals surface area contributed by atoms with Gasteiger partial charge < -0.3 is 10.6 Å². The van der Waals surface area contributed by atoms with Crippen molar-refractivity contribution in [3.63, 3.8) is 0 Å². The summed E-state index contributed by atoms with van der Waals surface area (Å²) in [5, 5.41) is 12.2. The van der Waals surface area contributed by atoms with E-state index in [1.54, 1.807) is 10.3 Å². The second-order valence-corrected chi connectivity index (χ2v) is 5.81. The zero-order valence-electron chi connectivity index (χ0n) is 11.2. The molecule has 0 bridgehead atoms. The van der Waals surface area contributed by atoms with Gasteiger partial charge in [-0.2, -0.15) is 0 Å². The number of nitrogens with two attached hydrogens (primary N) is 1. The summed E-state index contributed by atoms with van der Waals surface area (Å²) in [6, 6.07) is 1.50. The van der Waals surface area contributed by atoms with Gasteiger partial charge in [0.2, 0.25) is 0 Å². The van der Waals surface area contributed by atoms with E-state index in [0.29, 0.717) is 24.6 Å². The van der Waals surface area contributed by atoms with E-state index in [1.807, 2.05) is 6.92 Å². The lowest BCUT2D eigenvalue weighted by Crippen LogP contribution is -2.42. The number of thiophene rings is 1. The second kappa shape index (κ2) is 7.01. The highest BCUT2D eigenvalue weighted by atomic mass is 35.5. The van der Waals surface area contributed by atoms with Gasteiger partial charge >= 0.3 is 5.00 Å². The van der Waals surface area contributed by atoms with Crippen LogP contribution in [-0.4, -0.2) is 34.9 Å². The topological polar surface area (TPSA) is 89.5 Å². The molecule has 2 N–H and O–H groups in total. The Balaban J connectivity index is 0.00000200. The van der Waals surface area contributed by atoms with E-state index >= 15 is 0 Å².